The molecular weight excluding hydrogens is 255 g/mol. The molecule has 0 aromatic heterocycles. The van der Waals surface area contributed by atoms with Gasteiger partial charge in [0.25, 0.3) is 0 Å². The molecule has 1 aliphatic rings. The quantitative estimate of drug-likeness (QED) is 0.775. The Hall–Kier alpha value is -0.290. The van der Waals surface area contributed by atoms with E-state index in [1.165, 1.54) is 19.3 Å². The molecule has 0 saturated heterocycles. The molecule has 0 spiro atoms. The van der Waals surface area contributed by atoms with Crippen LogP contribution < -0.4 is 5.32 Å². The maximum atomic E-state index is 11.9. The molecule has 0 bridgehead atoms. The molecule has 0 aromatic carbocycles. The number of nitrogens with one attached hydrogen (secondary N) is 1. The summed E-state index contributed by atoms with van der Waals surface area (Å²) >= 11 is 0. The molecular formula is C14H26F3NO. The van der Waals surface area contributed by atoms with Crippen molar-refractivity contribution in [3.63, 3.8) is 0 Å². The Morgan fingerprint density at radius 3 is 2.32 bits per heavy atom. The lowest BCUT2D eigenvalue weighted by Crippen LogP contribution is -2.45. The number of alkyl halides is 3. The first-order valence-electron chi connectivity index (χ1n) is 7.08. The average molecular weight is 281 g/mol. The molecule has 0 heterocycles. The summed E-state index contributed by atoms with van der Waals surface area (Å²) in [6, 6.07) is 0.406. The van der Waals surface area contributed by atoms with Crippen LogP contribution in [0.5, 0.6) is 0 Å². The molecule has 1 rings (SSSR count). The van der Waals surface area contributed by atoms with E-state index >= 15 is 0 Å². The Bertz CT molecular complexity index is 260. The van der Waals surface area contributed by atoms with Crippen molar-refractivity contribution in [3.8, 4) is 0 Å². The molecule has 1 N–H and O–H groups in total. The smallest absolute Gasteiger partial charge is 0.371 e. The van der Waals surface area contributed by atoms with Gasteiger partial charge in [-0.15, -0.1) is 0 Å². The SMILES string of the molecule is CC(C)(C)C1CCCCC1NCCOCC(F)(F)F. The van der Waals surface area contributed by atoms with Gasteiger partial charge in [-0.1, -0.05) is 33.6 Å². The van der Waals surface area contributed by atoms with Gasteiger partial charge in [0, 0.05) is 12.6 Å². The predicted octanol–water partition coefficient (Wildman–Crippen LogP) is 3.76. The molecule has 0 aliphatic heterocycles. The number of halogens is 3. The lowest BCUT2D eigenvalue weighted by Gasteiger charge is -2.41. The van der Waals surface area contributed by atoms with E-state index in [-0.39, 0.29) is 12.0 Å². The van der Waals surface area contributed by atoms with Crippen LogP contribution in [0.15, 0.2) is 0 Å². The van der Waals surface area contributed by atoms with Gasteiger partial charge in [0.05, 0.1) is 6.61 Å². The zero-order valence-corrected chi connectivity index (χ0v) is 12.1. The van der Waals surface area contributed by atoms with E-state index in [0.717, 1.165) is 6.42 Å². The van der Waals surface area contributed by atoms with Gasteiger partial charge in [-0.3, -0.25) is 0 Å². The molecule has 0 amide bonds. The molecule has 2 nitrogen and oxygen atoms in total. The van der Waals surface area contributed by atoms with Gasteiger partial charge in [0.15, 0.2) is 0 Å². The van der Waals surface area contributed by atoms with Crippen LogP contribution >= 0.6 is 0 Å². The highest BCUT2D eigenvalue weighted by Gasteiger charge is 2.33. The van der Waals surface area contributed by atoms with Crippen LogP contribution in [0.3, 0.4) is 0 Å². The number of hydrogen-bond donors (Lipinski definition) is 1. The summed E-state index contributed by atoms with van der Waals surface area (Å²) in [6.45, 7) is 6.16. The number of rotatable bonds is 5. The van der Waals surface area contributed by atoms with Crippen LogP contribution in [-0.4, -0.2) is 32.0 Å². The summed E-state index contributed by atoms with van der Waals surface area (Å²) in [4.78, 5) is 0. The van der Waals surface area contributed by atoms with Crippen LogP contribution in [0.4, 0.5) is 13.2 Å². The average Bonchev–Trinajstić information content (AvgIpc) is 2.26. The van der Waals surface area contributed by atoms with Crippen LogP contribution in [0.2, 0.25) is 0 Å². The van der Waals surface area contributed by atoms with E-state index in [4.69, 9.17) is 0 Å². The van der Waals surface area contributed by atoms with Gasteiger partial charge in [0.2, 0.25) is 0 Å². The van der Waals surface area contributed by atoms with Crippen LogP contribution in [-0.2, 0) is 4.74 Å². The van der Waals surface area contributed by atoms with E-state index in [1.807, 2.05) is 0 Å². The molecule has 1 saturated carbocycles. The third-order valence-corrected chi connectivity index (χ3v) is 3.80. The standard InChI is InChI=1S/C14H26F3NO/c1-13(2,3)11-6-4-5-7-12(11)18-8-9-19-10-14(15,16)17/h11-12,18H,4-10H2,1-3H3. The van der Waals surface area contributed by atoms with Gasteiger partial charge in [-0.25, -0.2) is 0 Å². The van der Waals surface area contributed by atoms with Crippen molar-refractivity contribution in [1.29, 1.82) is 0 Å². The lowest BCUT2D eigenvalue weighted by atomic mass is 9.69. The second kappa shape index (κ2) is 6.93. The molecule has 1 aliphatic carbocycles. The Morgan fingerprint density at radius 2 is 1.74 bits per heavy atom. The summed E-state index contributed by atoms with van der Waals surface area (Å²) in [6.07, 6.45) is 0.545. The van der Waals surface area contributed by atoms with Crippen molar-refractivity contribution < 1.29 is 17.9 Å². The summed E-state index contributed by atoms with van der Waals surface area (Å²) in [5.74, 6) is 0.587. The first-order valence-corrected chi connectivity index (χ1v) is 7.08. The Morgan fingerprint density at radius 1 is 1.11 bits per heavy atom. The van der Waals surface area contributed by atoms with Crippen molar-refractivity contribution in [2.75, 3.05) is 19.8 Å². The number of hydrogen-bond acceptors (Lipinski definition) is 2. The van der Waals surface area contributed by atoms with Crippen LogP contribution in [0.25, 0.3) is 0 Å². The normalized spacial score (nSPS) is 25.6. The first kappa shape index (κ1) is 16.8. The topological polar surface area (TPSA) is 21.3 Å². The van der Waals surface area contributed by atoms with E-state index in [9.17, 15) is 13.2 Å². The lowest BCUT2D eigenvalue weighted by molar-refractivity contribution is -0.173. The molecule has 2 atom stereocenters. The minimum absolute atomic E-state index is 0.118. The Balaban J connectivity index is 2.26. The zero-order chi connectivity index (χ0) is 14.5. The molecule has 114 valence electrons. The van der Waals surface area contributed by atoms with Gasteiger partial charge in [-0.05, 0) is 24.2 Å². The molecule has 0 radical (unpaired) electrons. The Kier molecular flexibility index (Phi) is 6.12. The summed E-state index contributed by atoms with van der Waals surface area (Å²) in [7, 11) is 0. The van der Waals surface area contributed by atoms with Crippen LogP contribution in [0, 0.1) is 11.3 Å². The van der Waals surface area contributed by atoms with E-state index in [1.54, 1.807) is 0 Å². The molecule has 0 aromatic rings. The van der Waals surface area contributed by atoms with Crippen molar-refractivity contribution >= 4 is 0 Å². The molecule has 2 unspecified atom stereocenters. The summed E-state index contributed by atoms with van der Waals surface area (Å²) in [5.41, 5.74) is 0.241. The highest BCUT2D eigenvalue weighted by Crippen LogP contribution is 2.37. The second-order valence-electron chi connectivity index (χ2n) is 6.49. The maximum absolute atomic E-state index is 11.9. The maximum Gasteiger partial charge on any atom is 0.411 e. The second-order valence-corrected chi connectivity index (χ2v) is 6.49. The van der Waals surface area contributed by atoms with E-state index < -0.39 is 12.8 Å². The third-order valence-electron chi connectivity index (χ3n) is 3.80. The fourth-order valence-electron chi connectivity index (χ4n) is 2.92. The molecule has 19 heavy (non-hydrogen) atoms. The van der Waals surface area contributed by atoms with Gasteiger partial charge in [0.1, 0.15) is 6.61 Å². The zero-order valence-electron chi connectivity index (χ0n) is 12.1. The highest BCUT2D eigenvalue weighted by atomic mass is 19.4. The predicted molar refractivity (Wildman–Crippen MR) is 70.1 cm³/mol. The minimum Gasteiger partial charge on any atom is -0.371 e. The van der Waals surface area contributed by atoms with E-state index in [2.05, 4.69) is 30.8 Å². The highest BCUT2D eigenvalue weighted by molar-refractivity contribution is 4.88. The van der Waals surface area contributed by atoms with Crippen LogP contribution in [0.1, 0.15) is 46.5 Å². The van der Waals surface area contributed by atoms with E-state index in [0.29, 0.717) is 18.5 Å². The van der Waals surface area contributed by atoms with Crippen molar-refractivity contribution in [1.82, 2.24) is 5.32 Å². The summed E-state index contributed by atoms with van der Waals surface area (Å²) < 4.78 is 40.4. The monoisotopic (exact) mass is 281 g/mol. The summed E-state index contributed by atoms with van der Waals surface area (Å²) in [5, 5.41) is 3.37. The Labute approximate surface area is 114 Å². The van der Waals surface area contributed by atoms with Crippen molar-refractivity contribution in [2.45, 2.75) is 58.7 Å². The van der Waals surface area contributed by atoms with Crippen molar-refractivity contribution in [2.24, 2.45) is 11.3 Å². The fourth-order valence-corrected chi connectivity index (χ4v) is 2.92. The largest absolute Gasteiger partial charge is 0.411 e. The van der Waals surface area contributed by atoms with Gasteiger partial charge in [-0.2, -0.15) is 13.2 Å². The van der Waals surface area contributed by atoms with Gasteiger partial charge >= 0.3 is 6.18 Å². The first-order chi connectivity index (χ1) is 8.70. The molecule has 5 heteroatoms. The fraction of sp³-hybridized carbons (Fsp3) is 1.00. The molecule has 1 fully saturated rings. The van der Waals surface area contributed by atoms with Gasteiger partial charge < -0.3 is 10.1 Å². The minimum atomic E-state index is -4.22. The van der Waals surface area contributed by atoms with Crippen molar-refractivity contribution in [3.05, 3.63) is 0 Å². The number of ether oxygens (including phenoxy) is 1. The third kappa shape index (κ3) is 6.61.